The molecule has 0 unspecified atom stereocenters. The SMILES string of the molecule is CCc1c(O)c(C)c(C)c(OC(C)C)c1CC. The number of hydrogen-bond acceptors (Lipinski definition) is 2. The highest BCUT2D eigenvalue weighted by atomic mass is 16.5. The van der Waals surface area contributed by atoms with Crippen LogP contribution in [-0.2, 0) is 12.8 Å². The largest absolute Gasteiger partial charge is 0.507 e. The van der Waals surface area contributed by atoms with Crippen LogP contribution in [0, 0.1) is 13.8 Å². The van der Waals surface area contributed by atoms with Gasteiger partial charge in [-0.2, -0.15) is 0 Å². The fourth-order valence-electron chi connectivity index (χ4n) is 2.23. The molecule has 1 aromatic rings. The van der Waals surface area contributed by atoms with E-state index in [1.165, 1.54) is 0 Å². The van der Waals surface area contributed by atoms with Crippen LogP contribution in [0.25, 0.3) is 0 Å². The number of phenolic OH excluding ortho intramolecular Hbond substituents is 1. The van der Waals surface area contributed by atoms with Crippen LogP contribution < -0.4 is 4.74 Å². The average Bonchev–Trinajstić information content (AvgIpc) is 2.29. The second-order valence-corrected chi connectivity index (χ2v) is 4.76. The Morgan fingerprint density at radius 1 is 1.00 bits per heavy atom. The van der Waals surface area contributed by atoms with Crippen LogP contribution in [0.15, 0.2) is 0 Å². The minimum atomic E-state index is 0.160. The first-order valence-electron chi connectivity index (χ1n) is 6.44. The molecule has 0 saturated carbocycles. The fourth-order valence-corrected chi connectivity index (χ4v) is 2.23. The van der Waals surface area contributed by atoms with E-state index in [1.54, 1.807) is 0 Å². The van der Waals surface area contributed by atoms with Gasteiger partial charge in [0.1, 0.15) is 11.5 Å². The van der Waals surface area contributed by atoms with Crippen LogP contribution in [0.3, 0.4) is 0 Å². The van der Waals surface area contributed by atoms with Gasteiger partial charge in [0, 0.05) is 11.1 Å². The molecule has 0 aliphatic carbocycles. The maximum atomic E-state index is 10.2. The van der Waals surface area contributed by atoms with E-state index < -0.39 is 0 Å². The Balaban J connectivity index is 3.50. The monoisotopic (exact) mass is 236 g/mol. The summed E-state index contributed by atoms with van der Waals surface area (Å²) in [7, 11) is 0. The molecule has 0 spiro atoms. The van der Waals surface area contributed by atoms with Crippen molar-refractivity contribution in [1.29, 1.82) is 0 Å². The van der Waals surface area contributed by atoms with E-state index in [1.807, 2.05) is 27.7 Å². The molecule has 0 aromatic heterocycles. The first kappa shape index (κ1) is 13.9. The van der Waals surface area contributed by atoms with Crippen molar-refractivity contribution in [3.05, 3.63) is 22.3 Å². The van der Waals surface area contributed by atoms with Gasteiger partial charge in [-0.05, 0) is 51.7 Å². The molecule has 1 aromatic carbocycles. The molecule has 1 N–H and O–H groups in total. The zero-order chi connectivity index (χ0) is 13.2. The summed E-state index contributed by atoms with van der Waals surface area (Å²) in [5.41, 5.74) is 4.19. The third kappa shape index (κ3) is 2.56. The van der Waals surface area contributed by atoms with Crippen LogP contribution in [0.5, 0.6) is 11.5 Å². The van der Waals surface area contributed by atoms with Crippen LogP contribution in [0.4, 0.5) is 0 Å². The summed E-state index contributed by atoms with van der Waals surface area (Å²) in [6, 6.07) is 0. The third-order valence-electron chi connectivity index (χ3n) is 3.24. The molecule has 0 fully saturated rings. The molecule has 0 bridgehead atoms. The molecule has 0 aliphatic rings. The van der Waals surface area contributed by atoms with E-state index in [4.69, 9.17) is 4.74 Å². The van der Waals surface area contributed by atoms with Crippen LogP contribution in [0.1, 0.15) is 49.9 Å². The Bertz CT molecular complexity index is 406. The zero-order valence-electron chi connectivity index (χ0n) is 11.8. The molecular formula is C15H24O2. The van der Waals surface area contributed by atoms with Gasteiger partial charge in [-0.15, -0.1) is 0 Å². The summed E-state index contributed by atoms with van der Waals surface area (Å²) >= 11 is 0. The number of phenols is 1. The van der Waals surface area contributed by atoms with E-state index in [0.717, 1.165) is 40.8 Å². The van der Waals surface area contributed by atoms with Gasteiger partial charge in [0.15, 0.2) is 0 Å². The summed E-state index contributed by atoms with van der Waals surface area (Å²) in [6.45, 7) is 12.2. The van der Waals surface area contributed by atoms with Crippen molar-refractivity contribution in [2.24, 2.45) is 0 Å². The third-order valence-corrected chi connectivity index (χ3v) is 3.24. The number of ether oxygens (including phenoxy) is 1. The second-order valence-electron chi connectivity index (χ2n) is 4.76. The topological polar surface area (TPSA) is 29.5 Å². The Morgan fingerprint density at radius 2 is 1.53 bits per heavy atom. The number of hydrogen-bond donors (Lipinski definition) is 1. The molecule has 0 aliphatic heterocycles. The Hall–Kier alpha value is -1.18. The van der Waals surface area contributed by atoms with Crippen molar-refractivity contribution >= 4 is 0 Å². The lowest BCUT2D eigenvalue weighted by atomic mass is 9.93. The van der Waals surface area contributed by atoms with Gasteiger partial charge in [-0.1, -0.05) is 13.8 Å². The Kier molecular flexibility index (Phi) is 4.44. The molecule has 1 rings (SSSR count). The fraction of sp³-hybridized carbons (Fsp3) is 0.600. The van der Waals surface area contributed by atoms with Gasteiger partial charge >= 0.3 is 0 Å². The van der Waals surface area contributed by atoms with Crippen LogP contribution in [-0.4, -0.2) is 11.2 Å². The quantitative estimate of drug-likeness (QED) is 0.858. The zero-order valence-corrected chi connectivity index (χ0v) is 11.8. The summed E-state index contributed by atoms with van der Waals surface area (Å²) in [4.78, 5) is 0. The Labute approximate surface area is 105 Å². The van der Waals surface area contributed by atoms with E-state index in [-0.39, 0.29) is 6.10 Å². The minimum absolute atomic E-state index is 0.160. The van der Waals surface area contributed by atoms with Gasteiger partial charge in [-0.25, -0.2) is 0 Å². The molecule has 0 heterocycles. The molecule has 0 saturated heterocycles. The number of aromatic hydroxyl groups is 1. The predicted octanol–water partition coefficient (Wildman–Crippen LogP) is 3.92. The summed E-state index contributed by atoms with van der Waals surface area (Å²) in [6.07, 6.45) is 1.89. The van der Waals surface area contributed by atoms with Crippen molar-refractivity contribution < 1.29 is 9.84 Å². The summed E-state index contributed by atoms with van der Waals surface area (Å²) in [5, 5.41) is 10.2. The minimum Gasteiger partial charge on any atom is -0.507 e. The van der Waals surface area contributed by atoms with E-state index in [0.29, 0.717) is 5.75 Å². The van der Waals surface area contributed by atoms with Crippen molar-refractivity contribution in [3.63, 3.8) is 0 Å². The van der Waals surface area contributed by atoms with Gasteiger partial charge in [0.05, 0.1) is 6.10 Å². The Morgan fingerprint density at radius 3 is 1.94 bits per heavy atom. The molecule has 0 atom stereocenters. The van der Waals surface area contributed by atoms with Gasteiger partial charge < -0.3 is 9.84 Å². The van der Waals surface area contributed by atoms with Crippen molar-refractivity contribution in [3.8, 4) is 11.5 Å². The van der Waals surface area contributed by atoms with Crippen molar-refractivity contribution in [1.82, 2.24) is 0 Å². The van der Waals surface area contributed by atoms with E-state index in [2.05, 4.69) is 13.8 Å². The lowest BCUT2D eigenvalue weighted by Crippen LogP contribution is -2.11. The van der Waals surface area contributed by atoms with Gasteiger partial charge in [-0.3, -0.25) is 0 Å². The molecule has 96 valence electrons. The van der Waals surface area contributed by atoms with E-state index in [9.17, 15) is 5.11 Å². The molecule has 0 amide bonds. The number of benzene rings is 1. The lowest BCUT2D eigenvalue weighted by molar-refractivity contribution is 0.237. The predicted molar refractivity (Wildman–Crippen MR) is 72.1 cm³/mol. The average molecular weight is 236 g/mol. The van der Waals surface area contributed by atoms with Gasteiger partial charge in [0.25, 0.3) is 0 Å². The van der Waals surface area contributed by atoms with Crippen molar-refractivity contribution in [2.45, 2.75) is 60.5 Å². The number of rotatable bonds is 4. The summed E-state index contributed by atoms with van der Waals surface area (Å²) < 4.78 is 5.93. The van der Waals surface area contributed by atoms with E-state index >= 15 is 0 Å². The first-order valence-corrected chi connectivity index (χ1v) is 6.44. The summed E-state index contributed by atoms with van der Waals surface area (Å²) in [5.74, 6) is 1.41. The van der Waals surface area contributed by atoms with Gasteiger partial charge in [0.2, 0.25) is 0 Å². The molecule has 2 nitrogen and oxygen atoms in total. The highest BCUT2D eigenvalue weighted by Crippen LogP contribution is 2.38. The highest BCUT2D eigenvalue weighted by Gasteiger charge is 2.19. The standard InChI is InChI=1S/C15H24O2/c1-7-12-13(8-2)15(17-9(3)4)11(6)10(5)14(12)16/h9,16H,7-8H2,1-6H3. The smallest absolute Gasteiger partial charge is 0.126 e. The second kappa shape index (κ2) is 5.44. The normalized spacial score (nSPS) is 11.0. The maximum Gasteiger partial charge on any atom is 0.126 e. The first-order chi connectivity index (χ1) is 7.93. The van der Waals surface area contributed by atoms with Crippen LogP contribution >= 0.6 is 0 Å². The molecule has 17 heavy (non-hydrogen) atoms. The molecule has 0 radical (unpaired) electrons. The molecule has 2 heteroatoms. The molecular weight excluding hydrogens is 212 g/mol. The lowest BCUT2D eigenvalue weighted by Gasteiger charge is -2.22. The van der Waals surface area contributed by atoms with Crippen LogP contribution in [0.2, 0.25) is 0 Å². The van der Waals surface area contributed by atoms with Crippen molar-refractivity contribution in [2.75, 3.05) is 0 Å². The maximum absolute atomic E-state index is 10.2. The highest BCUT2D eigenvalue weighted by molar-refractivity contribution is 5.58.